The molecule has 0 atom stereocenters. The van der Waals surface area contributed by atoms with Crippen molar-refractivity contribution in [1.29, 1.82) is 0 Å². The van der Waals surface area contributed by atoms with E-state index in [0.29, 0.717) is 24.1 Å². The third kappa shape index (κ3) is 3.62. The molecule has 0 radical (unpaired) electrons. The van der Waals surface area contributed by atoms with Gasteiger partial charge in [-0.05, 0) is 23.3 Å². The lowest BCUT2D eigenvalue weighted by Crippen LogP contribution is -2.08. The van der Waals surface area contributed by atoms with E-state index in [4.69, 9.17) is 0 Å². The normalized spacial score (nSPS) is 11.3. The minimum absolute atomic E-state index is 0.148. The number of nitro groups is 2. The highest BCUT2D eigenvalue weighted by atomic mass is 16.6. The van der Waals surface area contributed by atoms with E-state index in [9.17, 15) is 29.8 Å². The SMILES string of the molecule is O=c1[nH]n(Cc2ccc(Cn3[nH]c(=O)c4cc([N+](=O)[O-])ccc43)cc2)c2ccc([N+](=O)[O-])cc12. The van der Waals surface area contributed by atoms with Gasteiger partial charge in [-0.15, -0.1) is 0 Å². The van der Waals surface area contributed by atoms with Crippen LogP contribution in [0.15, 0.2) is 70.3 Å². The molecular weight excluding hydrogens is 444 g/mol. The molecule has 2 N–H and O–H groups in total. The molecule has 0 unspecified atom stereocenters. The van der Waals surface area contributed by atoms with Crippen LogP contribution < -0.4 is 11.1 Å². The Bertz CT molecular complexity index is 1580. The first-order valence-electron chi connectivity index (χ1n) is 10.1. The molecule has 0 aliphatic heterocycles. The van der Waals surface area contributed by atoms with Gasteiger partial charge in [-0.1, -0.05) is 24.3 Å². The molecule has 0 amide bonds. The van der Waals surface area contributed by atoms with E-state index >= 15 is 0 Å². The second-order valence-electron chi connectivity index (χ2n) is 7.79. The maximum absolute atomic E-state index is 12.2. The van der Waals surface area contributed by atoms with Crippen LogP contribution in [0.25, 0.3) is 21.8 Å². The van der Waals surface area contributed by atoms with E-state index in [-0.39, 0.29) is 22.1 Å². The van der Waals surface area contributed by atoms with E-state index in [2.05, 4.69) is 10.2 Å². The molecule has 0 saturated heterocycles. The number of hydrogen-bond acceptors (Lipinski definition) is 6. The number of aromatic amines is 2. The summed E-state index contributed by atoms with van der Waals surface area (Å²) in [6.45, 7) is 0.702. The fraction of sp³-hybridized carbons (Fsp3) is 0.0909. The second kappa shape index (κ2) is 7.85. The van der Waals surface area contributed by atoms with E-state index < -0.39 is 21.0 Å². The number of fused-ring (bicyclic) bond motifs is 2. The molecule has 0 fully saturated rings. The molecule has 170 valence electrons. The Labute approximate surface area is 188 Å². The van der Waals surface area contributed by atoms with E-state index in [1.165, 1.54) is 36.4 Å². The summed E-state index contributed by atoms with van der Waals surface area (Å²) < 4.78 is 3.25. The highest BCUT2D eigenvalue weighted by Crippen LogP contribution is 2.20. The van der Waals surface area contributed by atoms with Gasteiger partial charge in [-0.3, -0.25) is 49.4 Å². The first-order chi connectivity index (χ1) is 16.3. The smallest absolute Gasteiger partial charge is 0.272 e. The van der Waals surface area contributed by atoms with Crippen molar-refractivity contribution in [3.8, 4) is 0 Å². The van der Waals surface area contributed by atoms with Gasteiger partial charge in [0, 0.05) is 24.3 Å². The molecule has 0 bridgehead atoms. The molecule has 12 nitrogen and oxygen atoms in total. The number of nitrogens with zero attached hydrogens (tertiary/aromatic N) is 4. The molecule has 0 aliphatic rings. The van der Waals surface area contributed by atoms with Crippen LogP contribution in [0, 0.1) is 20.2 Å². The van der Waals surface area contributed by atoms with Crippen LogP contribution in [-0.2, 0) is 13.1 Å². The molecule has 5 aromatic rings. The van der Waals surface area contributed by atoms with Gasteiger partial charge in [-0.2, -0.15) is 0 Å². The first kappa shape index (κ1) is 20.9. The first-order valence-corrected chi connectivity index (χ1v) is 10.1. The minimum Gasteiger partial charge on any atom is -0.280 e. The Hall–Kier alpha value is -5.00. The van der Waals surface area contributed by atoms with Gasteiger partial charge in [0.15, 0.2) is 0 Å². The largest absolute Gasteiger partial charge is 0.280 e. The van der Waals surface area contributed by atoms with Crippen molar-refractivity contribution in [1.82, 2.24) is 19.6 Å². The van der Waals surface area contributed by atoms with Gasteiger partial charge < -0.3 is 0 Å². The summed E-state index contributed by atoms with van der Waals surface area (Å²) in [6.07, 6.45) is 0. The topological polar surface area (TPSA) is 162 Å². The van der Waals surface area contributed by atoms with Crippen molar-refractivity contribution in [3.63, 3.8) is 0 Å². The number of benzene rings is 3. The molecule has 12 heteroatoms. The summed E-state index contributed by atoms with van der Waals surface area (Å²) in [4.78, 5) is 45.3. The highest BCUT2D eigenvalue weighted by Gasteiger charge is 2.14. The zero-order valence-corrected chi connectivity index (χ0v) is 17.4. The van der Waals surface area contributed by atoms with Crippen LogP contribution in [0.2, 0.25) is 0 Å². The van der Waals surface area contributed by atoms with Crippen molar-refractivity contribution >= 4 is 33.2 Å². The number of nitrogens with one attached hydrogen (secondary N) is 2. The minimum atomic E-state index is -0.544. The molecule has 0 saturated carbocycles. The van der Waals surface area contributed by atoms with E-state index in [0.717, 1.165) is 11.1 Å². The van der Waals surface area contributed by atoms with Crippen LogP contribution in [0.4, 0.5) is 11.4 Å². The standard InChI is InChI=1S/C22H16N6O6/c29-21-17-9-15(27(31)32)5-7-19(17)25(23-21)11-13-1-2-14(4-3-13)12-26-20-8-6-16(28(33)34)10-18(20)22(30)24-26/h1-10H,11-12H2,(H,23,29)(H,24,30). The average Bonchev–Trinajstić information content (AvgIpc) is 3.30. The lowest BCUT2D eigenvalue weighted by atomic mass is 10.1. The van der Waals surface area contributed by atoms with Crippen molar-refractivity contribution in [3.05, 3.63) is 113 Å². The zero-order chi connectivity index (χ0) is 24.0. The quantitative estimate of drug-likeness (QED) is 0.292. The van der Waals surface area contributed by atoms with Gasteiger partial charge in [0.25, 0.3) is 22.5 Å². The van der Waals surface area contributed by atoms with Gasteiger partial charge >= 0.3 is 0 Å². The van der Waals surface area contributed by atoms with Crippen LogP contribution in [0.5, 0.6) is 0 Å². The average molecular weight is 460 g/mol. The number of rotatable bonds is 6. The lowest BCUT2D eigenvalue weighted by molar-refractivity contribution is -0.384. The number of nitro benzene ring substituents is 2. The Morgan fingerprint density at radius 1 is 0.647 bits per heavy atom. The molecule has 5 rings (SSSR count). The summed E-state index contributed by atoms with van der Waals surface area (Å²) >= 11 is 0. The lowest BCUT2D eigenvalue weighted by Gasteiger charge is -2.08. The second-order valence-corrected chi connectivity index (χ2v) is 7.79. The van der Waals surface area contributed by atoms with Crippen molar-refractivity contribution in [2.45, 2.75) is 13.1 Å². The monoisotopic (exact) mass is 460 g/mol. The van der Waals surface area contributed by atoms with E-state index in [1.807, 2.05) is 24.3 Å². The maximum Gasteiger partial charge on any atom is 0.272 e. The zero-order valence-electron chi connectivity index (χ0n) is 17.4. The predicted octanol–water partition coefficient (Wildman–Crippen LogP) is 2.89. The van der Waals surface area contributed by atoms with Crippen LogP contribution in [0.3, 0.4) is 0 Å². The molecule has 3 aromatic carbocycles. The van der Waals surface area contributed by atoms with Gasteiger partial charge in [-0.25, -0.2) is 0 Å². The fourth-order valence-corrected chi connectivity index (χ4v) is 3.96. The Morgan fingerprint density at radius 3 is 1.38 bits per heavy atom. The molecule has 0 aliphatic carbocycles. The van der Waals surface area contributed by atoms with Crippen LogP contribution in [-0.4, -0.2) is 29.4 Å². The van der Waals surface area contributed by atoms with Gasteiger partial charge in [0.2, 0.25) is 0 Å². The Balaban J connectivity index is 1.39. The van der Waals surface area contributed by atoms with Crippen molar-refractivity contribution in [2.75, 3.05) is 0 Å². The maximum atomic E-state index is 12.2. The van der Waals surface area contributed by atoms with Gasteiger partial charge in [0.1, 0.15) is 0 Å². The summed E-state index contributed by atoms with van der Waals surface area (Å²) in [5, 5.41) is 27.8. The fourth-order valence-electron chi connectivity index (χ4n) is 3.96. The predicted molar refractivity (Wildman–Crippen MR) is 123 cm³/mol. The van der Waals surface area contributed by atoms with Crippen LogP contribution >= 0.6 is 0 Å². The molecule has 0 spiro atoms. The summed E-state index contributed by atoms with van der Waals surface area (Å²) in [5.41, 5.74) is 1.79. The Kier molecular flexibility index (Phi) is 4.82. The molecule has 2 aromatic heterocycles. The third-order valence-electron chi connectivity index (χ3n) is 5.63. The number of H-pyrrole nitrogens is 2. The van der Waals surface area contributed by atoms with Crippen molar-refractivity contribution in [2.24, 2.45) is 0 Å². The molecule has 34 heavy (non-hydrogen) atoms. The molecular formula is C22H16N6O6. The summed E-state index contributed by atoms with van der Waals surface area (Å²) in [6, 6.07) is 15.8. The third-order valence-corrected chi connectivity index (χ3v) is 5.63. The Morgan fingerprint density at radius 2 is 1.03 bits per heavy atom. The molecule has 2 heterocycles. The number of aromatic nitrogens is 4. The summed E-state index contributed by atoms with van der Waals surface area (Å²) in [7, 11) is 0. The van der Waals surface area contributed by atoms with Crippen molar-refractivity contribution < 1.29 is 9.85 Å². The van der Waals surface area contributed by atoms with E-state index in [1.54, 1.807) is 9.36 Å². The highest BCUT2D eigenvalue weighted by molar-refractivity contribution is 5.81. The number of hydrogen-bond donors (Lipinski definition) is 2. The van der Waals surface area contributed by atoms with Crippen LogP contribution in [0.1, 0.15) is 11.1 Å². The summed E-state index contributed by atoms with van der Waals surface area (Å²) in [5.74, 6) is 0. The number of non-ortho nitro benzene ring substituents is 2. The van der Waals surface area contributed by atoms with Gasteiger partial charge in [0.05, 0.1) is 44.7 Å².